The summed E-state index contributed by atoms with van der Waals surface area (Å²) >= 11 is 0. The van der Waals surface area contributed by atoms with Crippen LogP contribution >= 0.6 is 0 Å². The molecule has 19 heavy (non-hydrogen) atoms. The van der Waals surface area contributed by atoms with Crippen molar-refractivity contribution in [1.29, 1.82) is 0 Å². The SMILES string of the molecule is CCCCCCCCCOC1O[C@H](CO)[C@H](O)[C@H]1O. The minimum atomic E-state index is -1.07. The van der Waals surface area contributed by atoms with Gasteiger partial charge in [0.25, 0.3) is 0 Å². The largest absolute Gasteiger partial charge is 0.394 e. The van der Waals surface area contributed by atoms with E-state index in [2.05, 4.69) is 6.92 Å². The number of hydrogen-bond acceptors (Lipinski definition) is 5. The van der Waals surface area contributed by atoms with E-state index in [1.165, 1.54) is 32.1 Å². The van der Waals surface area contributed by atoms with Crippen LogP contribution in [0.25, 0.3) is 0 Å². The second kappa shape index (κ2) is 9.66. The molecule has 3 N–H and O–H groups in total. The van der Waals surface area contributed by atoms with Crippen LogP contribution in [-0.2, 0) is 9.47 Å². The molecular formula is C14H28O5. The molecule has 0 saturated carbocycles. The van der Waals surface area contributed by atoms with Gasteiger partial charge in [0.05, 0.1) is 6.61 Å². The maximum atomic E-state index is 9.65. The Balaban J connectivity index is 2.01. The lowest BCUT2D eigenvalue weighted by Gasteiger charge is -2.15. The van der Waals surface area contributed by atoms with Gasteiger partial charge in [0.2, 0.25) is 0 Å². The molecule has 0 amide bonds. The van der Waals surface area contributed by atoms with Crippen LogP contribution in [0.5, 0.6) is 0 Å². The molecule has 0 aromatic heterocycles. The van der Waals surface area contributed by atoms with Gasteiger partial charge in [0.15, 0.2) is 6.29 Å². The summed E-state index contributed by atoms with van der Waals surface area (Å²) in [6.07, 6.45) is 4.68. The third kappa shape index (κ3) is 5.75. The maximum Gasteiger partial charge on any atom is 0.186 e. The molecular weight excluding hydrogens is 248 g/mol. The van der Waals surface area contributed by atoms with Gasteiger partial charge in [0.1, 0.15) is 18.3 Å². The predicted molar refractivity (Wildman–Crippen MR) is 71.7 cm³/mol. The van der Waals surface area contributed by atoms with Crippen LogP contribution in [-0.4, -0.2) is 53.1 Å². The van der Waals surface area contributed by atoms with Crippen molar-refractivity contribution in [2.45, 2.75) is 76.5 Å². The number of aliphatic hydroxyl groups is 3. The molecule has 114 valence electrons. The van der Waals surface area contributed by atoms with Gasteiger partial charge in [-0.15, -0.1) is 0 Å². The molecule has 1 fully saturated rings. The van der Waals surface area contributed by atoms with Crippen LogP contribution in [0.3, 0.4) is 0 Å². The first-order chi connectivity index (χ1) is 9.20. The van der Waals surface area contributed by atoms with E-state index in [4.69, 9.17) is 14.6 Å². The van der Waals surface area contributed by atoms with Crippen molar-refractivity contribution in [3.05, 3.63) is 0 Å². The second-order valence-electron chi connectivity index (χ2n) is 5.20. The van der Waals surface area contributed by atoms with Gasteiger partial charge in [-0.05, 0) is 6.42 Å². The molecule has 5 heteroatoms. The Hall–Kier alpha value is -0.200. The van der Waals surface area contributed by atoms with E-state index in [1.54, 1.807) is 0 Å². The van der Waals surface area contributed by atoms with Crippen LogP contribution < -0.4 is 0 Å². The zero-order valence-corrected chi connectivity index (χ0v) is 11.8. The highest BCUT2D eigenvalue weighted by molar-refractivity contribution is 4.86. The van der Waals surface area contributed by atoms with E-state index in [9.17, 15) is 10.2 Å². The van der Waals surface area contributed by atoms with Crippen molar-refractivity contribution in [3.8, 4) is 0 Å². The molecule has 1 saturated heterocycles. The quantitative estimate of drug-likeness (QED) is 0.522. The Labute approximate surface area is 115 Å². The molecule has 0 radical (unpaired) electrons. The molecule has 1 rings (SSSR count). The number of aliphatic hydroxyl groups excluding tert-OH is 3. The molecule has 0 spiro atoms. The zero-order chi connectivity index (χ0) is 14.1. The molecule has 1 heterocycles. The normalized spacial score (nSPS) is 30.9. The molecule has 4 atom stereocenters. The Bertz CT molecular complexity index is 224. The first-order valence-electron chi connectivity index (χ1n) is 7.44. The summed E-state index contributed by atoms with van der Waals surface area (Å²) in [5, 5.41) is 28.1. The molecule has 1 unspecified atom stereocenters. The van der Waals surface area contributed by atoms with Crippen molar-refractivity contribution in [2.24, 2.45) is 0 Å². The minimum Gasteiger partial charge on any atom is -0.394 e. The summed E-state index contributed by atoms with van der Waals surface area (Å²) in [6, 6.07) is 0. The number of unbranched alkanes of at least 4 members (excludes halogenated alkanes) is 6. The number of hydrogen-bond donors (Lipinski definition) is 3. The third-order valence-electron chi connectivity index (χ3n) is 3.53. The van der Waals surface area contributed by atoms with Crippen LogP contribution in [0.1, 0.15) is 51.9 Å². The molecule has 0 aromatic carbocycles. The smallest absolute Gasteiger partial charge is 0.186 e. The van der Waals surface area contributed by atoms with Gasteiger partial charge in [-0.3, -0.25) is 0 Å². The van der Waals surface area contributed by atoms with E-state index < -0.39 is 24.6 Å². The van der Waals surface area contributed by atoms with Gasteiger partial charge >= 0.3 is 0 Å². The van der Waals surface area contributed by atoms with Gasteiger partial charge in [-0.1, -0.05) is 45.4 Å². The monoisotopic (exact) mass is 276 g/mol. The van der Waals surface area contributed by atoms with E-state index in [-0.39, 0.29) is 6.61 Å². The molecule has 0 bridgehead atoms. The molecule has 0 aromatic rings. The third-order valence-corrected chi connectivity index (χ3v) is 3.53. The Kier molecular flexibility index (Phi) is 8.57. The summed E-state index contributed by atoms with van der Waals surface area (Å²) in [4.78, 5) is 0. The van der Waals surface area contributed by atoms with Crippen LogP contribution in [0.15, 0.2) is 0 Å². The van der Waals surface area contributed by atoms with Gasteiger partial charge in [-0.2, -0.15) is 0 Å². The highest BCUT2D eigenvalue weighted by Gasteiger charge is 2.42. The topological polar surface area (TPSA) is 79.2 Å². The highest BCUT2D eigenvalue weighted by atomic mass is 16.7. The van der Waals surface area contributed by atoms with E-state index >= 15 is 0 Å². The van der Waals surface area contributed by atoms with E-state index in [1.807, 2.05) is 0 Å². The Morgan fingerprint density at radius 3 is 2.16 bits per heavy atom. The molecule has 1 aliphatic rings. The zero-order valence-electron chi connectivity index (χ0n) is 11.8. The fraction of sp³-hybridized carbons (Fsp3) is 1.00. The van der Waals surface area contributed by atoms with Crippen molar-refractivity contribution < 1.29 is 24.8 Å². The average molecular weight is 276 g/mol. The summed E-state index contributed by atoms with van der Waals surface area (Å²) in [7, 11) is 0. The van der Waals surface area contributed by atoms with Crippen LogP contribution in [0.4, 0.5) is 0 Å². The standard InChI is InChI=1S/C14H28O5/c1-2-3-4-5-6-7-8-9-18-14-13(17)12(16)11(10-15)19-14/h11-17H,2-10H2,1H3/t11-,12+,13-,14?/m1/s1. The van der Waals surface area contributed by atoms with Gasteiger partial charge in [-0.25, -0.2) is 0 Å². The fourth-order valence-electron chi connectivity index (χ4n) is 2.26. The van der Waals surface area contributed by atoms with Gasteiger partial charge in [0, 0.05) is 6.61 Å². The van der Waals surface area contributed by atoms with Gasteiger partial charge < -0.3 is 24.8 Å². The Morgan fingerprint density at radius 1 is 0.947 bits per heavy atom. The van der Waals surface area contributed by atoms with Crippen molar-refractivity contribution >= 4 is 0 Å². The summed E-state index contributed by atoms with van der Waals surface area (Å²) < 4.78 is 10.6. The first-order valence-corrected chi connectivity index (χ1v) is 7.44. The van der Waals surface area contributed by atoms with Crippen molar-refractivity contribution in [1.82, 2.24) is 0 Å². The van der Waals surface area contributed by atoms with Crippen LogP contribution in [0, 0.1) is 0 Å². The van der Waals surface area contributed by atoms with Crippen LogP contribution in [0.2, 0.25) is 0 Å². The molecule has 5 nitrogen and oxygen atoms in total. The average Bonchev–Trinajstić information content (AvgIpc) is 2.69. The van der Waals surface area contributed by atoms with Crippen molar-refractivity contribution in [2.75, 3.05) is 13.2 Å². The molecule has 0 aliphatic carbocycles. The first kappa shape index (κ1) is 16.9. The summed E-state index contributed by atoms with van der Waals surface area (Å²) in [6.45, 7) is 2.41. The highest BCUT2D eigenvalue weighted by Crippen LogP contribution is 2.22. The lowest BCUT2D eigenvalue weighted by atomic mass is 10.1. The second-order valence-corrected chi connectivity index (χ2v) is 5.20. The Morgan fingerprint density at radius 2 is 1.58 bits per heavy atom. The van der Waals surface area contributed by atoms with E-state index in [0.717, 1.165) is 12.8 Å². The minimum absolute atomic E-state index is 0.310. The lowest BCUT2D eigenvalue weighted by molar-refractivity contribution is -0.169. The summed E-state index contributed by atoms with van der Waals surface area (Å²) in [5.41, 5.74) is 0. The van der Waals surface area contributed by atoms with Crippen molar-refractivity contribution in [3.63, 3.8) is 0 Å². The fourth-order valence-corrected chi connectivity index (χ4v) is 2.26. The molecule has 1 aliphatic heterocycles. The summed E-state index contributed by atoms with van der Waals surface area (Å²) in [5.74, 6) is 0. The number of ether oxygens (including phenoxy) is 2. The van der Waals surface area contributed by atoms with E-state index in [0.29, 0.717) is 6.61 Å². The lowest BCUT2D eigenvalue weighted by Crippen LogP contribution is -2.34. The predicted octanol–water partition coefficient (Wildman–Crippen LogP) is 1.19. The maximum absolute atomic E-state index is 9.65. The number of rotatable bonds is 10.